The molecule has 0 radical (unpaired) electrons. The number of rotatable bonds is 8. The number of benzene rings is 2. The minimum atomic E-state index is 0.157. The van der Waals surface area contributed by atoms with Gasteiger partial charge in [-0.2, -0.15) is 0 Å². The second-order valence-corrected chi connectivity index (χ2v) is 4.67. The fourth-order valence-electron chi connectivity index (χ4n) is 2.17. The second kappa shape index (κ2) is 7.68. The fourth-order valence-corrected chi connectivity index (χ4v) is 2.17. The average molecular weight is 271 g/mol. The molecular formula is C17H21NO2. The van der Waals surface area contributed by atoms with Gasteiger partial charge in [-0.05, 0) is 22.9 Å². The predicted octanol–water partition coefficient (Wildman–Crippen LogP) is 2.70. The predicted molar refractivity (Wildman–Crippen MR) is 83.2 cm³/mol. The summed E-state index contributed by atoms with van der Waals surface area (Å²) in [5.74, 6) is 0.881. The molecule has 0 fully saturated rings. The monoisotopic (exact) mass is 271 g/mol. The highest BCUT2D eigenvalue weighted by atomic mass is 16.5. The van der Waals surface area contributed by atoms with Crippen LogP contribution in [0.1, 0.15) is 0 Å². The third kappa shape index (κ3) is 4.08. The van der Waals surface area contributed by atoms with Crippen molar-refractivity contribution in [1.29, 1.82) is 0 Å². The van der Waals surface area contributed by atoms with E-state index < -0.39 is 0 Å². The van der Waals surface area contributed by atoms with E-state index >= 15 is 0 Å². The molecule has 2 aromatic rings. The maximum atomic E-state index is 8.98. The summed E-state index contributed by atoms with van der Waals surface area (Å²) in [6.45, 7) is 6.67. The van der Waals surface area contributed by atoms with E-state index in [-0.39, 0.29) is 6.61 Å². The summed E-state index contributed by atoms with van der Waals surface area (Å²) in [4.78, 5) is 2.11. The van der Waals surface area contributed by atoms with E-state index in [1.165, 1.54) is 10.8 Å². The Kier molecular flexibility index (Phi) is 5.59. The number of nitrogens with zero attached hydrogens (tertiary/aromatic N) is 1. The van der Waals surface area contributed by atoms with Crippen molar-refractivity contribution in [2.24, 2.45) is 0 Å². The Morgan fingerprint density at radius 3 is 2.65 bits per heavy atom. The lowest BCUT2D eigenvalue weighted by molar-refractivity contribution is 0.180. The first-order chi connectivity index (χ1) is 9.83. The SMILES string of the molecule is C=CCN(CCO)CCOc1ccc2ccccc2c1. The Morgan fingerprint density at radius 2 is 1.90 bits per heavy atom. The van der Waals surface area contributed by atoms with Crippen LogP contribution in [-0.2, 0) is 0 Å². The smallest absolute Gasteiger partial charge is 0.120 e. The van der Waals surface area contributed by atoms with E-state index in [4.69, 9.17) is 9.84 Å². The van der Waals surface area contributed by atoms with Crippen LogP contribution in [0.15, 0.2) is 55.1 Å². The number of hydrogen-bond donors (Lipinski definition) is 1. The topological polar surface area (TPSA) is 32.7 Å². The molecule has 2 rings (SSSR count). The normalized spacial score (nSPS) is 10.9. The fraction of sp³-hybridized carbons (Fsp3) is 0.294. The van der Waals surface area contributed by atoms with Crippen LogP contribution in [0.3, 0.4) is 0 Å². The first-order valence-corrected chi connectivity index (χ1v) is 6.89. The molecule has 1 N–H and O–H groups in total. The van der Waals surface area contributed by atoms with E-state index in [0.717, 1.165) is 18.8 Å². The number of aliphatic hydroxyl groups excluding tert-OH is 1. The lowest BCUT2D eigenvalue weighted by Crippen LogP contribution is -2.31. The number of fused-ring (bicyclic) bond motifs is 1. The molecule has 0 aliphatic carbocycles. The Hall–Kier alpha value is -1.84. The molecule has 0 atom stereocenters. The van der Waals surface area contributed by atoms with Crippen LogP contribution >= 0.6 is 0 Å². The van der Waals surface area contributed by atoms with Gasteiger partial charge in [0.05, 0.1) is 6.61 Å². The highest BCUT2D eigenvalue weighted by Crippen LogP contribution is 2.20. The lowest BCUT2D eigenvalue weighted by Gasteiger charge is -2.19. The molecule has 0 aliphatic heterocycles. The molecule has 0 amide bonds. The Morgan fingerprint density at radius 1 is 1.10 bits per heavy atom. The third-order valence-corrected chi connectivity index (χ3v) is 3.20. The number of hydrogen-bond acceptors (Lipinski definition) is 3. The minimum absolute atomic E-state index is 0.157. The summed E-state index contributed by atoms with van der Waals surface area (Å²) in [6, 6.07) is 14.3. The summed E-state index contributed by atoms with van der Waals surface area (Å²) in [7, 11) is 0. The molecule has 0 saturated carbocycles. The van der Waals surface area contributed by atoms with Crippen molar-refractivity contribution in [3.8, 4) is 5.75 Å². The van der Waals surface area contributed by atoms with Gasteiger partial charge in [-0.25, -0.2) is 0 Å². The molecule has 106 valence electrons. The first-order valence-electron chi connectivity index (χ1n) is 6.89. The lowest BCUT2D eigenvalue weighted by atomic mass is 10.1. The van der Waals surface area contributed by atoms with Gasteiger partial charge in [0.1, 0.15) is 12.4 Å². The van der Waals surface area contributed by atoms with E-state index in [1.54, 1.807) is 0 Å². The molecule has 0 saturated heterocycles. The molecule has 0 bridgehead atoms. The van der Waals surface area contributed by atoms with Crippen molar-refractivity contribution in [3.05, 3.63) is 55.1 Å². The molecule has 0 aliphatic rings. The Bertz CT molecular complexity index is 553. The maximum absolute atomic E-state index is 8.98. The zero-order valence-corrected chi connectivity index (χ0v) is 11.7. The van der Waals surface area contributed by atoms with E-state index in [1.807, 2.05) is 24.3 Å². The second-order valence-electron chi connectivity index (χ2n) is 4.67. The largest absolute Gasteiger partial charge is 0.492 e. The van der Waals surface area contributed by atoms with Gasteiger partial charge in [-0.1, -0.05) is 36.4 Å². The van der Waals surface area contributed by atoms with Gasteiger partial charge < -0.3 is 9.84 Å². The zero-order valence-electron chi connectivity index (χ0n) is 11.7. The molecule has 0 spiro atoms. The van der Waals surface area contributed by atoms with Crippen molar-refractivity contribution in [2.45, 2.75) is 0 Å². The standard InChI is InChI=1S/C17H21NO2/c1-2-9-18(10-12-19)11-13-20-17-8-7-15-5-3-4-6-16(15)14-17/h2-8,14,19H,1,9-13H2. The third-order valence-electron chi connectivity index (χ3n) is 3.20. The summed E-state index contributed by atoms with van der Waals surface area (Å²) in [5, 5.41) is 11.4. The van der Waals surface area contributed by atoms with Crippen LogP contribution in [0.5, 0.6) is 5.75 Å². The van der Waals surface area contributed by atoms with Gasteiger partial charge in [-0.15, -0.1) is 6.58 Å². The highest BCUT2D eigenvalue weighted by Gasteiger charge is 2.03. The van der Waals surface area contributed by atoms with Crippen LogP contribution < -0.4 is 4.74 Å². The highest BCUT2D eigenvalue weighted by molar-refractivity contribution is 5.83. The Balaban J connectivity index is 1.90. The van der Waals surface area contributed by atoms with Gasteiger partial charge in [0.25, 0.3) is 0 Å². The number of ether oxygens (including phenoxy) is 1. The van der Waals surface area contributed by atoms with Crippen LogP contribution in [0.2, 0.25) is 0 Å². The van der Waals surface area contributed by atoms with Crippen LogP contribution in [0, 0.1) is 0 Å². The average Bonchev–Trinajstić information content (AvgIpc) is 2.47. The van der Waals surface area contributed by atoms with Crippen molar-refractivity contribution in [1.82, 2.24) is 4.90 Å². The van der Waals surface area contributed by atoms with Crippen molar-refractivity contribution < 1.29 is 9.84 Å². The zero-order chi connectivity index (χ0) is 14.2. The molecule has 0 aromatic heterocycles. The quantitative estimate of drug-likeness (QED) is 0.749. The Labute approximate surface area is 120 Å². The van der Waals surface area contributed by atoms with Crippen LogP contribution in [-0.4, -0.2) is 42.9 Å². The first kappa shape index (κ1) is 14.6. The molecular weight excluding hydrogens is 250 g/mol. The molecule has 20 heavy (non-hydrogen) atoms. The molecule has 0 unspecified atom stereocenters. The van der Waals surface area contributed by atoms with Crippen molar-refractivity contribution in [3.63, 3.8) is 0 Å². The van der Waals surface area contributed by atoms with Crippen molar-refractivity contribution in [2.75, 3.05) is 32.8 Å². The molecule has 2 aromatic carbocycles. The molecule has 3 nitrogen and oxygen atoms in total. The maximum Gasteiger partial charge on any atom is 0.120 e. The van der Waals surface area contributed by atoms with E-state index in [0.29, 0.717) is 13.2 Å². The van der Waals surface area contributed by atoms with E-state index in [2.05, 4.69) is 35.7 Å². The van der Waals surface area contributed by atoms with Gasteiger partial charge in [-0.3, -0.25) is 4.90 Å². The summed E-state index contributed by atoms with van der Waals surface area (Å²) >= 11 is 0. The minimum Gasteiger partial charge on any atom is -0.492 e. The summed E-state index contributed by atoms with van der Waals surface area (Å²) < 4.78 is 5.78. The van der Waals surface area contributed by atoms with Gasteiger partial charge >= 0.3 is 0 Å². The number of aliphatic hydroxyl groups is 1. The molecule has 3 heteroatoms. The van der Waals surface area contributed by atoms with Crippen LogP contribution in [0.25, 0.3) is 10.8 Å². The molecule has 0 heterocycles. The van der Waals surface area contributed by atoms with Gasteiger partial charge in [0, 0.05) is 19.6 Å². The van der Waals surface area contributed by atoms with Crippen LogP contribution in [0.4, 0.5) is 0 Å². The van der Waals surface area contributed by atoms with Gasteiger partial charge in [0.15, 0.2) is 0 Å². The summed E-state index contributed by atoms with van der Waals surface area (Å²) in [6.07, 6.45) is 1.84. The van der Waals surface area contributed by atoms with Gasteiger partial charge in [0.2, 0.25) is 0 Å². The van der Waals surface area contributed by atoms with Crippen molar-refractivity contribution >= 4 is 10.8 Å². The van der Waals surface area contributed by atoms with E-state index in [9.17, 15) is 0 Å². The summed E-state index contributed by atoms with van der Waals surface area (Å²) in [5.41, 5.74) is 0.